The molecule has 0 fully saturated rings. The standard InChI is InChI=1S/C19H25NO2/c1-11-6-13(3)18(21)15(8-11)17(10-20-5)16-9-12(2)7-14(4)19(16)22/h6-9,17,20-22H,10H2,1-5H3. The molecule has 0 aliphatic heterocycles. The van der Waals surface area contributed by atoms with Gasteiger partial charge in [-0.25, -0.2) is 0 Å². The third-order valence-corrected chi connectivity index (χ3v) is 4.11. The lowest BCUT2D eigenvalue weighted by Gasteiger charge is -2.22. The van der Waals surface area contributed by atoms with Crippen LogP contribution in [-0.4, -0.2) is 23.8 Å². The van der Waals surface area contributed by atoms with Crippen molar-refractivity contribution in [1.29, 1.82) is 0 Å². The Bertz CT molecular complexity index is 635. The Hall–Kier alpha value is -2.00. The molecule has 0 saturated heterocycles. The van der Waals surface area contributed by atoms with Crippen LogP contribution in [0.1, 0.15) is 39.3 Å². The van der Waals surface area contributed by atoms with E-state index < -0.39 is 0 Å². The van der Waals surface area contributed by atoms with Crippen molar-refractivity contribution in [2.75, 3.05) is 13.6 Å². The third kappa shape index (κ3) is 3.09. The van der Waals surface area contributed by atoms with Crippen molar-refractivity contribution in [3.8, 4) is 11.5 Å². The number of phenols is 2. The van der Waals surface area contributed by atoms with E-state index in [1.807, 2.05) is 59.0 Å². The molecule has 2 aromatic rings. The molecule has 3 N–H and O–H groups in total. The quantitative estimate of drug-likeness (QED) is 0.807. The number of aromatic hydroxyl groups is 2. The molecule has 0 saturated carbocycles. The van der Waals surface area contributed by atoms with E-state index in [1.54, 1.807) is 0 Å². The maximum atomic E-state index is 10.5. The van der Waals surface area contributed by atoms with Gasteiger partial charge >= 0.3 is 0 Å². The van der Waals surface area contributed by atoms with Crippen LogP contribution in [0.25, 0.3) is 0 Å². The van der Waals surface area contributed by atoms with E-state index in [0.717, 1.165) is 33.4 Å². The maximum Gasteiger partial charge on any atom is 0.122 e. The van der Waals surface area contributed by atoms with Gasteiger partial charge in [0.25, 0.3) is 0 Å². The Balaban J connectivity index is 2.66. The predicted octanol–water partition coefficient (Wildman–Crippen LogP) is 3.68. The summed E-state index contributed by atoms with van der Waals surface area (Å²) in [7, 11) is 1.88. The molecule has 0 aromatic heterocycles. The normalized spacial score (nSPS) is 11.2. The first-order valence-electron chi connectivity index (χ1n) is 7.60. The molecule has 2 aromatic carbocycles. The van der Waals surface area contributed by atoms with Crippen LogP contribution >= 0.6 is 0 Å². The molecule has 0 heterocycles. The van der Waals surface area contributed by atoms with Gasteiger partial charge in [-0.15, -0.1) is 0 Å². The van der Waals surface area contributed by atoms with Gasteiger partial charge in [0.1, 0.15) is 11.5 Å². The molecule has 22 heavy (non-hydrogen) atoms. The van der Waals surface area contributed by atoms with Crippen molar-refractivity contribution in [2.45, 2.75) is 33.6 Å². The van der Waals surface area contributed by atoms with E-state index in [9.17, 15) is 10.2 Å². The molecule has 0 radical (unpaired) electrons. The van der Waals surface area contributed by atoms with Crippen LogP contribution in [0.4, 0.5) is 0 Å². The van der Waals surface area contributed by atoms with E-state index >= 15 is 0 Å². The highest BCUT2D eigenvalue weighted by molar-refractivity contribution is 5.53. The van der Waals surface area contributed by atoms with Gasteiger partial charge in [-0.2, -0.15) is 0 Å². The number of likely N-dealkylation sites (N-methyl/N-ethyl adjacent to an activating group) is 1. The highest BCUT2D eigenvalue weighted by Gasteiger charge is 2.22. The average molecular weight is 299 g/mol. The Kier molecular flexibility index (Phi) is 4.77. The first kappa shape index (κ1) is 16.4. The third-order valence-electron chi connectivity index (χ3n) is 4.11. The Morgan fingerprint density at radius 2 is 1.23 bits per heavy atom. The zero-order chi connectivity index (χ0) is 16.4. The topological polar surface area (TPSA) is 52.5 Å². The van der Waals surface area contributed by atoms with Gasteiger partial charge < -0.3 is 15.5 Å². The van der Waals surface area contributed by atoms with E-state index in [1.165, 1.54) is 0 Å². The van der Waals surface area contributed by atoms with E-state index in [2.05, 4.69) is 5.32 Å². The Morgan fingerprint density at radius 1 is 0.818 bits per heavy atom. The number of rotatable bonds is 4. The van der Waals surface area contributed by atoms with Gasteiger partial charge in [-0.3, -0.25) is 0 Å². The minimum Gasteiger partial charge on any atom is -0.507 e. The van der Waals surface area contributed by atoms with Crippen LogP contribution in [-0.2, 0) is 0 Å². The predicted molar refractivity (Wildman–Crippen MR) is 90.9 cm³/mol. The summed E-state index contributed by atoms with van der Waals surface area (Å²) in [6.07, 6.45) is 0. The first-order chi connectivity index (χ1) is 10.3. The van der Waals surface area contributed by atoms with E-state index in [0.29, 0.717) is 18.0 Å². The van der Waals surface area contributed by atoms with Gasteiger partial charge in [-0.1, -0.05) is 35.4 Å². The fraction of sp³-hybridized carbons (Fsp3) is 0.368. The molecule has 0 amide bonds. The minimum absolute atomic E-state index is 0.0952. The molecular weight excluding hydrogens is 274 g/mol. The van der Waals surface area contributed by atoms with Crippen LogP contribution in [0.2, 0.25) is 0 Å². The molecule has 118 valence electrons. The molecule has 0 aliphatic carbocycles. The van der Waals surface area contributed by atoms with Gasteiger partial charge in [0, 0.05) is 23.6 Å². The Labute approximate surface area is 132 Å². The molecule has 0 unspecified atom stereocenters. The number of benzene rings is 2. The highest BCUT2D eigenvalue weighted by Crippen LogP contribution is 2.39. The number of hydrogen-bond acceptors (Lipinski definition) is 3. The summed E-state index contributed by atoms with van der Waals surface area (Å²) in [5, 5.41) is 24.2. The summed E-state index contributed by atoms with van der Waals surface area (Å²) in [6.45, 7) is 8.50. The minimum atomic E-state index is -0.0952. The summed E-state index contributed by atoms with van der Waals surface area (Å²) in [6, 6.07) is 7.94. The lowest BCUT2D eigenvalue weighted by atomic mass is 9.86. The second kappa shape index (κ2) is 6.41. The molecule has 2 rings (SSSR count). The van der Waals surface area contributed by atoms with Crippen molar-refractivity contribution in [2.24, 2.45) is 0 Å². The van der Waals surface area contributed by atoms with Crippen molar-refractivity contribution < 1.29 is 10.2 Å². The summed E-state index contributed by atoms with van der Waals surface area (Å²) in [5.41, 5.74) is 5.64. The van der Waals surface area contributed by atoms with Crippen molar-refractivity contribution in [3.63, 3.8) is 0 Å². The number of hydrogen-bond donors (Lipinski definition) is 3. The highest BCUT2D eigenvalue weighted by atomic mass is 16.3. The lowest BCUT2D eigenvalue weighted by molar-refractivity contribution is 0.447. The summed E-state index contributed by atoms with van der Waals surface area (Å²) in [4.78, 5) is 0. The zero-order valence-electron chi connectivity index (χ0n) is 14.0. The second-order valence-corrected chi connectivity index (χ2v) is 6.15. The SMILES string of the molecule is CNCC(c1cc(C)cc(C)c1O)c1cc(C)cc(C)c1O. The number of nitrogens with one attached hydrogen (secondary N) is 1. The molecule has 0 spiro atoms. The fourth-order valence-electron chi connectivity index (χ4n) is 3.11. The molecule has 0 bridgehead atoms. The molecule has 3 nitrogen and oxygen atoms in total. The van der Waals surface area contributed by atoms with Gasteiger partial charge in [0.05, 0.1) is 0 Å². The van der Waals surface area contributed by atoms with E-state index in [4.69, 9.17) is 0 Å². The smallest absolute Gasteiger partial charge is 0.122 e. The van der Waals surface area contributed by atoms with Crippen LogP contribution in [0.5, 0.6) is 11.5 Å². The summed E-state index contributed by atoms with van der Waals surface area (Å²) >= 11 is 0. The fourth-order valence-corrected chi connectivity index (χ4v) is 3.11. The van der Waals surface area contributed by atoms with Gasteiger partial charge in [0.15, 0.2) is 0 Å². The van der Waals surface area contributed by atoms with Crippen LogP contribution in [0, 0.1) is 27.7 Å². The van der Waals surface area contributed by atoms with E-state index in [-0.39, 0.29) is 5.92 Å². The average Bonchev–Trinajstić information content (AvgIpc) is 2.44. The van der Waals surface area contributed by atoms with Gasteiger partial charge in [-0.05, 0) is 45.9 Å². The number of aryl methyl sites for hydroxylation is 4. The molecule has 0 aliphatic rings. The van der Waals surface area contributed by atoms with Crippen molar-refractivity contribution in [1.82, 2.24) is 5.32 Å². The lowest BCUT2D eigenvalue weighted by Crippen LogP contribution is -2.19. The number of phenolic OH excluding ortho intramolecular Hbond substituents is 2. The maximum absolute atomic E-state index is 10.5. The Morgan fingerprint density at radius 3 is 1.59 bits per heavy atom. The first-order valence-corrected chi connectivity index (χ1v) is 7.60. The van der Waals surface area contributed by atoms with Crippen LogP contribution < -0.4 is 5.32 Å². The monoisotopic (exact) mass is 299 g/mol. The summed E-state index contributed by atoms with van der Waals surface area (Å²) < 4.78 is 0. The second-order valence-electron chi connectivity index (χ2n) is 6.15. The van der Waals surface area contributed by atoms with Crippen molar-refractivity contribution in [3.05, 3.63) is 57.6 Å². The molecular formula is C19H25NO2. The van der Waals surface area contributed by atoms with Crippen LogP contribution in [0.15, 0.2) is 24.3 Å². The van der Waals surface area contributed by atoms with Crippen LogP contribution in [0.3, 0.4) is 0 Å². The largest absolute Gasteiger partial charge is 0.507 e. The zero-order valence-corrected chi connectivity index (χ0v) is 14.0. The molecule has 0 atom stereocenters. The molecule has 3 heteroatoms. The summed E-state index contributed by atoms with van der Waals surface area (Å²) in [5.74, 6) is 0.524. The van der Waals surface area contributed by atoms with Crippen molar-refractivity contribution >= 4 is 0 Å². The van der Waals surface area contributed by atoms with Gasteiger partial charge in [0.2, 0.25) is 0 Å².